The highest BCUT2D eigenvalue weighted by molar-refractivity contribution is 5.51. The van der Waals surface area contributed by atoms with Crippen molar-refractivity contribution in [1.29, 1.82) is 0 Å². The minimum absolute atomic E-state index is 0.246. The van der Waals surface area contributed by atoms with Crippen LogP contribution in [0, 0.1) is 17.0 Å². The molecule has 0 N–H and O–H groups in total. The van der Waals surface area contributed by atoms with E-state index in [-0.39, 0.29) is 10.6 Å². The zero-order chi connectivity index (χ0) is 10.6. The summed E-state index contributed by atoms with van der Waals surface area (Å²) in [6.07, 6.45) is 2.06. The van der Waals surface area contributed by atoms with Crippen molar-refractivity contribution in [3.05, 3.63) is 51.2 Å². The molecule has 0 radical (unpaired) electrons. The van der Waals surface area contributed by atoms with Crippen LogP contribution in [0.25, 0.3) is 6.08 Å². The molecule has 0 fully saturated rings. The van der Waals surface area contributed by atoms with Gasteiger partial charge in [-0.2, -0.15) is 0 Å². The minimum Gasteiger partial charge on any atom is -0.259 e. The van der Waals surface area contributed by atoms with Gasteiger partial charge in [0.05, 0.1) is 4.92 Å². The quantitative estimate of drug-likeness (QED) is 0.544. The molecule has 0 bridgehead atoms. The Hall–Kier alpha value is -1.64. The van der Waals surface area contributed by atoms with Crippen LogP contribution in [-0.2, 0) is 0 Å². The molecule has 0 unspecified atom stereocenters. The first-order chi connectivity index (χ1) is 6.63. The summed E-state index contributed by atoms with van der Waals surface area (Å²) in [6.45, 7) is 3.75. The topological polar surface area (TPSA) is 43.1 Å². The van der Waals surface area contributed by atoms with E-state index < -0.39 is 0 Å². The lowest BCUT2D eigenvalue weighted by atomic mass is 10.1. The van der Waals surface area contributed by atoms with Crippen LogP contribution in [0.5, 0.6) is 0 Å². The van der Waals surface area contributed by atoms with Gasteiger partial charge in [0.2, 0.25) is 5.70 Å². The third-order valence-electron chi connectivity index (χ3n) is 1.97. The maximum Gasteiger partial charge on any atom is 0.246 e. The van der Waals surface area contributed by atoms with Crippen molar-refractivity contribution < 1.29 is 4.92 Å². The first-order valence-electron chi connectivity index (χ1n) is 4.55. The molecule has 1 rings (SSSR count). The first kappa shape index (κ1) is 10.4. The molecule has 0 aliphatic carbocycles. The van der Waals surface area contributed by atoms with Crippen LogP contribution in [0.4, 0.5) is 0 Å². The van der Waals surface area contributed by atoms with E-state index in [1.54, 1.807) is 13.0 Å². The van der Waals surface area contributed by atoms with Crippen molar-refractivity contribution >= 4 is 6.08 Å². The molecule has 0 saturated carbocycles. The van der Waals surface area contributed by atoms with Crippen molar-refractivity contribution in [3.63, 3.8) is 0 Å². The Bertz CT molecular complexity index is 369. The number of hydrogen-bond acceptors (Lipinski definition) is 2. The standard InChI is InChI=1S/C11H13NO2/c1-3-11(12(13)14)8-10-6-4-5-9(2)7-10/h4-8H,3H2,1-2H3. The lowest BCUT2D eigenvalue weighted by Crippen LogP contribution is -1.96. The Balaban J connectivity index is 3.00. The summed E-state index contributed by atoms with van der Waals surface area (Å²) in [7, 11) is 0. The highest BCUT2D eigenvalue weighted by Crippen LogP contribution is 2.11. The predicted molar refractivity (Wildman–Crippen MR) is 56.4 cm³/mol. The molecule has 3 heteroatoms. The second-order valence-corrected chi connectivity index (χ2v) is 3.16. The van der Waals surface area contributed by atoms with Crippen molar-refractivity contribution in [2.45, 2.75) is 20.3 Å². The molecule has 74 valence electrons. The maximum absolute atomic E-state index is 10.6. The van der Waals surface area contributed by atoms with Crippen LogP contribution in [0.15, 0.2) is 30.0 Å². The van der Waals surface area contributed by atoms with Gasteiger partial charge in [0.25, 0.3) is 0 Å². The summed E-state index contributed by atoms with van der Waals surface area (Å²) in [5.41, 5.74) is 2.24. The van der Waals surface area contributed by atoms with Gasteiger partial charge < -0.3 is 0 Å². The average Bonchev–Trinajstić information content (AvgIpc) is 2.14. The van der Waals surface area contributed by atoms with E-state index in [1.165, 1.54) is 0 Å². The number of allylic oxidation sites excluding steroid dienone is 1. The van der Waals surface area contributed by atoms with Crippen molar-refractivity contribution in [3.8, 4) is 0 Å². The summed E-state index contributed by atoms with van der Waals surface area (Å²) < 4.78 is 0. The second-order valence-electron chi connectivity index (χ2n) is 3.16. The van der Waals surface area contributed by atoms with Crippen molar-refractivity contribution in [2.24, 2.45) is 0 Å². The molecule has 0 amide bonds. The van der Waals surface area contributed by atoms with E-state index >= 15 is 0 Å². The first-order valence-corrected chi connectivity index (χ1v) is 4.55. The fourth-order valence-electron chi connectivity index (χ4n) is 1.24. The molecule has 0 aliphatic rings. The van der Waals surface area contributed by atoms with Crippen LogP contribution in [0.2, 0.25) is 0 Å². The van der Waals surface area contributed by atoms with Gasteiger partial charge in [-0.25, -0.2) is 0 Å². The molecule has 0 heterocycles. The third kappa shape index (κ3) is 2.69. The van der Waals surface area contributed by atoms with E-state index in [0.717, 1.165) is 11.1 Å². The predicted octanol–water partition coefficient (Wildman–Crippen LogP) is 3.02. The Morgan fingerprint density at radius 1 is 1.57 bits per heavy atom. The van der Waals surface area contributed by atoms with Crippen LogP contribution < -0.4 is 0 Å². The normalized spacial score (nSPS) is 11.4. The Labute approximate surface area is 83.2 Å². The largest absolute Gasteiger partial charge is 0.259 e. The number of nitrogens with zero attached hydrogens (tertiary/aromatic N) is 1. The zero-order valence-electron chi connectivity index (χ0n) is 8.36. The van der Waals surface area contributed by atoms with E-state index in [4.69, 9.17) is 0 Å². The molecular formula is C11H13NO2. The Morgan fingerprint density at radius 2 is 2.29 bits per heavy atom. The molecule has 3 nitrogen and oxygen atoms in total. The zero-order valence-corrected chi connectivity index (χ0v) is 8.36. The molecule has 14 heavy (non-hydrogen) atoms. The van der Waals surface area contributed by atoms with Crippen molar-refractivity contribution in [1.82, 2.24) is 0 Å². The van der Waals surface area contributed by atoms with Gasteiger partial charge in [0, 0.05) is 12.5 Å². The highest BCUT2D eigenvalue weighted by Gasteiger charge is 2.06. The van der Waals surface area contributed by atoms with Crippen LogP contribution in [0.3, 0.4) is 0 Å². The number of rotatable bonds is 3. The molecule has 0 spiro atoms. The summed E-state index contributed by atoms with van der Waals surface area (Å²) >= 11 is 0. The van der Waals surface area contributed by atoms with Gasteiger partial charge in [-0.1, -0.05) is 36.8 Å². The molecular weight excluding hydrogens is 178 g/mol. The van der Waals surface area contributed by atoms with Gasteiger partial charge in [0.1, 0.15) is 0 Å². The van der Waals surface area contributed by atoms with Gasteiger partial charge >= 0.3 is 0 Å². The summed E-state index contributed by atoms with van der Waals surface area (Å²) in [5, 5.41) is 10.6. The number of hydrogen-bond donors (Lipinski definition) is 0. The number of aryl methyl sites for hydroxylation is 1. The maximum atomic E-state index is 10.6. The summed E-state index contributed by atoms with van der Waals surface area (Å²) in [4.78, 5) is 10.2. The van der Waals surface area contributed by atoms with Gasteiger partial charge in [-0.3, -0.25) is 10.1 Å². The van der Waals surface area contributed by atoms with Gasteiger partial charge in [0.15, 0.2) is 0 Å². The molecule has 1 aromatic rings. The third-order valence-corrected chi connectivity index (χ3v) is 1.97. The van der Waals surface area contributed by atoms with E-state index in [1.807, 2.05) is 31.2 Å². The van der Waals surface area contributed by atoms with Crippen LogP contribution >= 0.6 is 0 Å². The Kier molecular flexibility index (Phi) is 3.40. The smallest absolute Gasteiger partial charge is 0.246 e. The molecule has 0 aromatic heterocycles. The highest BCUT2D eigenvalue weighted by atomic mass is 16.6. The SMILES string of the molecule is CCC(=Cc1cccc(C)c1)[N+](=O)[O-]. The van der Waals surface area contributed by atoms with E-state index in [2.05, 4.69) is 0 Å². The summed E-state index contributed by atoms with van der Waals surface area (Å²) in [5.74, 6) is 0. The summed E-state index contributed by atoms with van der Waals surface area (Å²) in [6, 6.07) is 7.66. The van der Waals surface area contributed by atoms with E-state index in [0.29, 0.717) is 6.42 Å². The Morgan fingerprint density at radius 3 is 2.79 bits per heavy atom. The van der Waals surface area contributed by atoms with E-state index in [9.17, 15) is 10.1 Å². The lowest BCUT2D eigenvalue weighted by molar-refractivity contribution is -0.425. The van der Waals surface area contributed by atoms with Gasteiger partial charge in [-0.05, 0) is 12.5 Å². The molecule has 0 atom stereocenters. The van der Waals surface area contributed by atoms with Crippen molar-refractivity contribution in [2.75, 3.05) is 0 Å². The fraction of sp³-hybridized carbons (Fsp3) is 0.273. The van der Waals surface area contributed by atoms with Crippen LogP contribution in [0.1, 0.15) is 24.5 Å². The average molecular weight is 191 g/mol. The number of benzene rings is 1. The van der Waals surface area contributed by atoms with Gasteiger partial charge in [-0.15, -0.1) is 0 Å². The number of nitro groups is 1. The fourth-order valence-corrected chi connectivity index (χ4v) is 1.24. The lowest BCUT2D eigenvalue weighted by Gasteiger charge is -1.97. The second kappa shape index (κ2) is 4.56. The molecule has 0 saturated heterocycles. The molecule has 0 aliphatic heterocycles. The monoisotopic (exact) mass is 191 g/mol. The van der Waals surface area contributed by atoms with Crippen LogP contribution in [-0.4, -0.2) is 4.92 Å². The molecule has 1 aromatic carbocycles. The minimum atomic E-state index is -0.331.